The molecule has 0 bridgehead atoms. The Hall–Kier alpha value is -1.75. The molecule has 92 valence electrons. The number of carbonyl (C=O) groups is 1. The van der Waals surface area contributed by atoms with Crippen molar-refractivity contribution in [1.82, 2.24) is 4.98 Å². The van der Waals surface area contributed by atoms with Gasteiger partial charge in [0.2, 0.25) is 0 Å². The SMILES string of the molecule is Cc1cnc(Br)cc1C(=O)Nc1ccc(F)cc1. The summed E-state index contributed by atoms with van der Waals surface area (Å²) in [5.41, 5.74) is 1.85. The van der Waals surface area contributed by atoms with Crippen LogP contribution in [0.1, 0.15) is 15.9 Å². The van der Waals surface area contributed by atoms with Gasteiger partial charge in [0.05, 0.1) is 0 Å². The monoisotopic (exact) mass is 308 g/mol. The Morgan fingerprint density at radius 3 is 2.67 bits per heavy atom. The van der Waals surface area contributed by atoms with Gasteiger partial charge in [-0.15, -0.1) is 0 Å². The van der Waals surface area contributed by atoms with Crippen molar-refractivity contribution in [3.63, 3.8) is 0 Å². The quantitative estimate of drug-likeness (QED) is 0.862. The third-order valence-electron chi connectivity index (χ3n) is 2.42. The summed E-state index contributed by atoms with van der Waals surface area (Å²) >= 11 is 3.22. The predicted octanol–water partition coefficient (Wildman–Crippen LogP) is 3.54. The molecule has 0 aliphatic rings. The molecule has 2 rings (SSSR count). The molecule has 0 aliphatic carbocycles. The fourth-order valence-electron chi connectivity index (χ4n) is 1.47. The number of hydrogen-bond acceptors (Lipinski definition) is 2. The third-order valence-corrected chi connectivity index (χ3v) is 2.85. The number of carbonyl (C=O) groups excluding carboxylic acids is 1. The van der Waals surface area contributed by atoms with Crippen LogP contribution < -0.4 is 5.32 Å². The number of hydrogen-bond donors (Lipinski definition) is 1. The summed E-state index contributed by atoms with van der Waals surface area (Å²) in [6.45, 7) is 1.80. The Morgan fingerprint density at radius 2 is 2.00 bits per heavy atom. The first-order chi connectivity index (χ1) is 8.56. The fraction of sp³-hybridized carbons (Fsp3) is 0.0769. The molecular formula is C13H10BrFN2O. The number of nitrogens with one attached hydrogen (secondary N) is 1. The molecule has 1 amide bonds. The molecule has 1 N–H and O–H groups in total. The van der Waals surface area contributed by atoms with Gasteiger partial charge in [-0.3, -0.25) is 4.79 Å². The first-order valence-electron chi connectivity index (χ1n) is 5.25. The van der Waals surface area contributed by atoms with Gasteiger partial charge in [0.1, 0.15) is 10.4 Å². The zero-order chi connectivity index (χ0) is 13.1. The molecule has 2 aromatic rings. The molecule has 0 aliphatic heterocycles. The van der Waals surface area contributed by atoms with Crippen LogP contribution in [0.25, 0.3) is 0 Å². The zero-order valence-corrected chi connectivity index (χ0v) is 11.2. The third kappa shape index (κ3) is 2.92. The van der Waals surface area contributed by atoms with Crippen LogP contribution in [0.4, 0.5) is 10.1 Å². The smallest absolute Gasteiger partial charge is 0.256 e. The number of halogens is 2. The lowest BCUT2D eigenvalue weighted by Crippen LogP contribution is -2.13. The van der Waals surface area contributed by atoms with E-state index in [9.17, 15) is 9.18 Å². The molecule has 1 aromatic carbocycles. The Kier molecular flexibility index (Phi) is 3.72. The topological polar surface area (TPSA) is 42.0 Å². The lowest BCUT2D eigenvalue weighted by atomic mass is 10.1. The van der Waals surface area contributed by atoms with Crippen molar-refractivity contribution in [2.45, 2.75) is 6.92 Å². The van der Waals surface area contributed by atoms with Crippen molar-refractivity contribution in [2.24, 2.45) is 0 Å². The molecule has 0 unspecified atom stereocenters. The van der Waals surface area contributed by atoms with Gasteiger partial charge in [0, 0.05) is 17.4 Å². The number of aryl methyl sites for hydroxylation is 1. The number of amides is 1. The fourth-order valence-corrected chi connectivity index (χ4v) is 1.81. The molecule has 0 radical (unpaired) electrons. The lowest BCUT2D eigenvalue weighted by molar-refractivity contribution is 0.102. The first kappa shape index (κ1) is 12.7. The minimum Gasteiger partial charge on any atom is -0.322 e. The van der Waals surface area contributed by atoms with Crippen LogP contribution in [0.15, 0.2) is 41.1 Å². The van der Waals surface area contributed by atoms with Crippen LogP contribution in [0.2, 0.25) is 0 Å². The molecule has 0 saturated carbocycles. The van der Waals surface area contributed by atoms with E-state index in [1.165, 1.54) is 24.3 Å². The zero-order valence-electron chi connectivity index (χ0n) is 9.58. The number of aromatic nitrogens is 1. The van der Waals surface area contributed by atoms with E-state index in [0.717, 1.165) is 5.56 Å². The second-order valence-electron chi connectivity index (χ2n) is 3.78. The minimum atomic E-state index is -0.337. The highest BCUT2D eigenvalue weighted by Gasteiger charge is 2.10. The van der Waals surface area contributed by atoms with Crippen molar-refractivity contribution in [3.8, 4) is 0 Å². The van der Waals surface area contributed by atoms with E-state index in [2.05, 4.69) is 26.2 Å². The van der Waals surface area contributed by atoms with Gasteiger partial charge in [-0.05, 0) is 58.7 Å². The van der Waals surface area contributed by atoms with Gasteiger partial charge in [0.25, 0.3) is 5.91 Å². The van der Waals surface area contributed by atoms with Crippen LogP contribution in [-0.2, 0) is 0 Å². The largest absolute Gasteiger partial charge is 0.322 e. The summed E-state index contributed by atoms with van der Waals surface area (Å²) in [6, 6.07) is 7.27. The number of nitrogens with zero attached hydrogens (tertiary/aromatic N) is 1. The number of benzene rings is 1. The molecule has 0 fully saturated rings. The van der Waals surface area contributed by atoms with Gasteiger partial charge in [-0.25, -0.2) is 9.37 Å². The van der Waals surface area contributed by atoms with Crippen LogP contribution in [0.5, 0.6) is 0 Å². The molecule has 3 nitrogen and oxygen atoms in total. The van der Waals surface area contributed by atoms with Gasteiger partial charge in [-0.1, -0.05) is 0 Å². The van der Waals surface area contributed by atoms with E-state index in [4.69, 9.17) is 0 Å². The maximum atomic E-state index is 12.7. The standard InChI is InChI=1S/C13H10BrFN2O/c1-8-7-16-12(14)6-11(8)13(18)17-10-4-2-9(15)3-5-10/h2-7H,1H3,(H,17,18). The maximum Gasteiger partial charge on any atom is 0.256 e. The van der Waals surface area contributed by atoms with E-state index in [1.807, 2.05) is 0 Å². The Bertz CT molecular complexity index is 584. The molecule has 5 heteroatoms. The summed E-state index contributed by atoms with van der Waals surface area (Å²) in [6.07, 6.45) is 1.61. The van der Waals surface area contributed by atoms with Crippen LogP contribution >= 0.6 is 15.9 Å². The van der Waals surface area contributed by atoms with E-state index in [1.54, 1.807) is 19.2 Å². The molecule has 0 saturated heterocycles. The summed E-state index contributed by atoms with van der Waals surface area (Å²) in [7, 11) is 0. The first-order valence-corrected chi connectivity index (χ1v) is 6.04. The van der Waals surface area contributed by atoms with Crippen molar-refractivity contribution >= 4 is 27.5 Å². The Balaban J connectivity index is 2.21. The number of rotatable bonds is 2. The highest BCUT2D eigenvalue weighted by molar-refractivity contribution is 9.10. The maximum absolute atomic E-state index is 12.7. The average Bonchev–Trinajstić information content (AvgIpc) is 2.35. The summed E-state index contributed by atoms with van der Waals surface area (Å²) in [4.78, 5) is 16.0. The minimum absolute atomic E-state index is 0.248. The van der Waals surface area contributed by atoms with E-state index >= 15 is 0 Å². The second kappa shape index (κ2) is 5.27. The lowest BCUT2D eigenvalue weighted by Gasteiger charge is -2.07. The van der Waals surface area contributed by atoms with Crippen LogP contribution in [-0.4, -0.2) is 10.9 Å². The van der Waals surface area contributed by atoms with Gasteiger partial charge in [0.15, 0.2) is 0 Å². The van der Waals surface area contributed by atoms with Gasteiger partial charge >= 0.3 is 0 Å². The number of anilines is 1. The number of pyridine rings is 1. The summed E-state index contributed by atoms with van der Waals surface area (Å²) < 4.78 is 13.3. The van der Waals surface area contributed by atoms with E-state index < -0.39 is 0 Å². The van der Waals surface area contributed by atoms with E-state index in [-0.39, 0.29) is 11.7 Å². The normalized spacial score (nSPS) is 10.2. The molecule has 18 heavy (non-hydrogen) atoms. The van der Waals surface area contributed by atoms with Crippen molar-refractivity contribution in [3.05, 3.63) is 58.1 Å². The summed E-state index contributed by atoms with van der Waals surface area (Å²) in [5.74, 6) is -0.585. The van der Waals surface area contributed by atoms with Crippen molar-refractivity contribution < 1.29 is 9.18 Å². The average molecular weight is 309 g/mol. The van der Waals surface area contributed by atoms with Gasteiger partial charge in [-0.2, -0.15) is 0 Å². The molecule has 0 atom stereocenters. The van der Waals surface area contributed by atoms with E-state index in [0.29, 0.717) is 15.9 Å². The molecular weight excluding hydrogens is 299 g/mol. The van der Waals surface area contributed by atoms with Gasteiger partial charge < -0.3 is 5.32 Å². The summed E-state index contributed by atoms with van der Waals surface area (Å²) in [5, 5.41) is 2.70. The van der Waals surface area contributed by atoms with Crippen molar-refractivity contribution in [2.75, 3.05) is 5.32 Å². The van der Waals surface area contributed by atoms with Crippen LogP contribution in [0, 0.1) is 12.7 Å². The van der Waals surface area contributed by atoms with Crippen molar-refractivity contribution in [1.29, 1.82) is 0 Å². The predicted molar refractivity (Wildman–Crippen MR) is 71.0 cm³/mol. The van der Waals surface area contributed by atoms with Crippen LogP contribution in [0.3, 0.4) is 0 Å². The Labute approximate surface area is 112 Å². The highest BCUT2D eigenvalue weighted by Crippen LogP contribution is 2.15. The molecule has 1 aromatic heterocycles. The molecule has 0 spiro atoms. The Morgan fingerprint density at radius 1 is 1.33 bits per heavy atom. The second-order valence-corrected chi connectivity index (χ2v) is 4.60. The highest BCUT2D eigenvalue weighted by atomic mass is 79.9. The molecule has 1 heterocycles.